The first-order valence-corrected chi connectivity index (χ1v) is 13.2. The lowest BCUT2D eigenvalue weighted by Crippen LogP contribution is -2.33. The van der Waals surface area contributed by atoms with Crippen molar-refractivity contribution in [1.29, 1.82) is 0 Å². The second kappa shape index (κ2) is 13.1. The van der Waals surface area contributed by atoms with E-state index in [9.17, 15) is 0 Å². The van der Waals surface area contributed by atoms with Gasteiger partial charge >= 0.3 is 0 Å². The lowest BCUT2D eigenvalue weighted by molar-refractivity contribution is 0.240. The Morgan fingerprint density at radius 3 is 2.33 bits per heavy atom. The van der Waals surface area contributed by atoms with Gasteiger partial charge in [-0.15, -0.1) is 11.3 Å². The third-order valence-electron chi connectivity index (χ3n) is 5.52. The molecule has 0 amide bonds. The predicted octanol–water partition coefficient (Wildman–Crippen LogP) is 7.49. The molecule has 0 bridgehead atoms. The number of hydrogen-bond donors (Lipinski definition) is 0. The Hall–Kier alpha value is -1.36. The van der Waals surface area contributed by atoms with E-state index in [1.165, 1.54) is 37.7 Å². The molecule has 3 rings (SSSR count). The van der Waals surface area contributed by atoms with Gasteiger partial charge in [0.05, 0.1) is 10.2 Å². The van der Waals surface area contributed by atoms with Crippen LogP contribution in [0.25, 0.3) is 10.2 Å². The van der Waals surface area contributed by atoms with E-state index in [4.69, 9.17) is 4.98 Å². The van der Waals surface area contributed by atoms with Gasteiger partial charge < -0.3 is 4.90 Å². The third kappa shape index (κ3) is 6.57. The van der Waals surface area contributed by atoms with Crippen LogP contribution in [0.15, 0.2) is 46.8 Å². The molecule has 0 aliphatic carbocycles. The highest BCUT2D eigenvalue weighted by atomic mass is 32.2. The molecule has 1 heterocycles. The number of thiazole rings is 1. The van der Waals surface area contributed by atoms with Gasteiger partial charge in [-0.05, 0) is 61.7 Å². The van der Waals surface area contributed by atoms with E-state index in [-0.39, 0.29) is 0 Å². The zero-order valence-electron chi connectivity index (χ0n) is 19.6. The van der Waals surface area contributed by atoms with Crippen LogP contribution >= 0.6 is 23.1 Å². The second-order valence-corrected chi connectivity index (χ2v) is 9.79. The third-order valence-corrected chi connectivity index (χ3v) is 7.68. The SMILES string of the molecule is CC.CCSc1nc2c(CC)ccc(CC(CCc3ccccc3)N(C)CC)c2s1. The van der Waals surface area contributed by atoms with Gasteiger partial charge in [-0.1, -0.05) is 88.8 Å². The Morgan fingerprint density at radius 2 is 1.70 bits per heavy atom. The molecule has 0 aliphatic heterocycles. The Labute approximate surface area is 192 Å². The van der Waals surface area contributed by atoms with Crippen LogP contribution in [0.1, 0.15) is 57.7 Å². The van der Waals surface area contributed by atoms with Gasteiger partial charge in [-0.3, -0.25) is 0 Å². The van der Waals surface area contributed by atoms with Crippen molar-refractivity contribution in [3.8, 4) is 0 Å². The summed E-state index contributed by atoms with van der Waals surface area (Å²) in [5.41, 5.74) is 5.51. The van der Waals surface area contributed by atoms with Crippen molar-refractivity contribution in [1.82, 2.24) is 9.88 Å². The smallest absolute Gasteiger partial charge is 0.151 e. The molecule has 1 atom stereocenters. The predicted molar refractivity (Wildman–Crippen MR) is 137 cm³/mol. The summed E-state index contributed by atoms with van der Waals surface area (Å²) in [6, 6.07) is 16.1. The van der Waals surface area contributed by atoms with Crippen LogP contribution in [0.3, 0.4) is 0 Å². The summed E-state index contributed by atoms with van der Waals surface area (Å²) in [4.78, 5) is 7.47. The van der Waals surface area contributed by atoms with E-state index in [1.54, 1.807) is 0 Å². The summed E-state index contributed by atoms with van der Waals surface area (Å²) in [7, 11) is 2.26. The van der Waals surface area contributed by atoms with Crippen molar-refractivity contribution in [3.05, 3.63) is 59.2 Å². The van der Waals surface area contributed by atoms with Crippen molar-refractivity contribution in [2.24, 2.45) is 0 Å². The van der Waals surface area contributed by atoms with Crippen molar-refractivity contribution < 1.29 is 0 Å². The first-order valence-electron chi connectivity index (χ1n) is 11.4. The van der Waals surface area contributed by atoms with E-state index in [0.29, 0.717) is 6.04 Å². The van der Waals surface area contributed by atoms with Crippen molar-refractivity contribution >= 4 is 33.3 Å². The monoisotopic (exact) mass is 442 g/mol. The molecule has 3 aromatic rings. The molecule has 1 unspecified atom stereocenters. The molecule has 164 valence electrons. The van der Waals surface area contributed by atoms with Gasteiger partial charge in [-0.2, -0.15) is 0 Å². The number of benzene rings is 2. The van der Waals surface area contributed by atoms with Crippen molar-refractivity contribution in [3.63, 3.8) is 0 Å². The Morgan fingerprint density at radius 1 is 1.00 bits per heavy atom. The van der Waals surface area contributed by atoms with E-state index in [0.717, 1.165) is 31.6 Å². The van der Waals surface area contributed by atoms with Crippen LogP contribution in [0.4, 0.5) is 0 Å². The summed E-state index contributed by atoms with van der Waals surface area (Å²) in [6.45, 7) is 11.8. The number of aryl methyl sites for hydroxylation is 2. The molecule has 0 aliphatic rings. The molecule has 2 nitrogen and oxygen atoms in total. The standard InChI is InChI=1S/C24H32N2S2.C2H6/c1-5-19-14-15-20(23-22(19)25-24(28-23)27-7-3)17-21(26(4)6-2)16-13-18-11-9-8-10-12-18;1-2/h8-12,14-15,21H,5-7,13,16-17H2,1-4H3;1-2H3. The molecule has 1 aromatic heterocycles. The molecule has 2 aromatic carbocycles. The number of aromatic nitrogens is 1. The average molecular weight is 443 g/mol. The van der Waals surface area contributed by atoms with E-state index < -0.39 is 0 Å². The molecule has 0 saturated heterocycles. The van der Waals surface area contributed by atoms with Crippen LogP contribution in [0.2, 0.25) is 0 Å². The van der Waals surface area contributed by atoms with Gasteiger partial charge in [-0.25, -0.2) is 4.98 Å². The largest absolute Gasteiger partial charge is 0.303 e. The van der Waals surface area contributed by atoms with Crippen LogP contribution < -0.4 is 0 Å². The summed E-state index contributed by atoms with van der Waals surface area (Å²) < 4.78 is 2.62. The van der Waals surface area contributed by atoms with Gasteiger partial charge in [0.15, 0.2) is 4.34 Å². The number of nitrogens with zero attached hydrogens (tertiary/aromatic N) is 2. The van der Waals surface area contributed by atoms with Crippen LogP contribution in [0.5, 0.6) is 0 Å². The minimum atomic E-state index is 0.547. The van der Waals surface area contributed by atoms with E-state index in [2.05, 4.69) is 75.2 Å². The Balaban J connectivity index is 0.00000155. The van der Waals surface area contributed by atoms with Crippen molar-refractivity contribution in [2.45, 2.75) is 70.7 Å². The molecular formula is C26H38N2S2. The summed E-state index contributed by atoms with van der Waals surface area (Å²) in [5, 5.41) is 0. The first-order chi connectivity index (χ1) is 14.7. The normalized spacial score (nSPS) is 12.1. The highest BCUT2D eigenvalue weighted by Gasteiger charge is 2.18. The van der Waals surface area contributed by atoms with E-state index in [1.807, 2.05) is 36.9 Å². The molecule has 0 N–H and O–H groups in total. The maximum atomic E-state index is 4.97. The first kappa shape index (κ1) is 24.9. The summed E-state index contributed by atoms with van der Waals surface area (Å²) in [5.74, 6) is 1.08. The molecule has 0 radical (unpaired) electrons. The summed E-state index contributed by atoms with van der Waals surface area (Å²) >= 11 is 3.75. The molecule has 30 heavy (non-hydrogen) atoms. The zero-order chi connectivity index (χ0) is 21.9. The van der Waals surface area contributed by atoms with Crippen LogP contribution in [0, 0.1) is 0 Å². The van der Waals surface area contributed by atoms with Crippen LogP contribution in [-0.2, 0) is 19.3 Å². The van der Waals surface area contributed by atoms with Gasteiger partial charge in [0.25, 0.3) is 0 Å². The fourth-order valence-corrected chi connectivity index (χ4v) is 5.80. The average Bonchev–Trinajstić information content (AvgIpc) is 3.22. The fraction of sp³-hybridized carbons (Fsp3) is 0.500. The number of hydrogen-bond acceptors (Lipinski definition) is 4. The number of fused-ring (bicyclic) bond motifs is 1. The fourth-order valence-electron chi connectivity index (χ4n) is 3.69. The van der Waals surface area contributed by atoms with Crippen LogP contribution in [-0.4, -0.2) is 35.3 Å². The molecule has 4 heteroatoms. The second-order valence-electron chi connectivity index (χ2n) is 7.28. The molecule has 0 spiro atoms. The van der Waals surface area contributed by atoms with Gasteiger partial charge in [0.1, 0.15) is 0 Å². The minimum absolute atomic E-state index is 0.547. The molecular weight excluding hydrogens is 404 g/mol. The topological polar surface area (TPSA) is 16.1 Å². The highest BCUT2D eigenvalue weighted by Crippen LogP contribution is 2.35. The van der Waals surface area contributed by atoms with Gasteiger partial charge in [0.2, 0.25) is 0 Å². The Bertz CT molecular complexity index is 873. The summed E-state index contributed by atoms with van der Waals surface area (Å²) in [6.07, 6.45) is 4.45. The molecule has 0 fully saturated rings. The Kier molecular flexibility index (Phi) is 10.9. The van der Waals surface area contributed by atoms with Gasteiger partial charge in [0, 0.05) is 6.04 Å². The minimum Gasteiger partial charge on any atom is -0.303 e. The number of thioether (sulfide) groups is 1. The maximum absolute atomic E-state index is 4.97. The molecule has 0 saturated carbocycles. The zero-order valence-corrected chi connectivity index (χ0v) is 21.2. The number of likely N-dealkylation sites (N-methyl/N-ethyl adjacent to an activating group) is 1. The number of rotatable bonds is 10. The highest BCUT2D eigenvalue weighted by molar-refractivity contribution is 8.01. The quantitative estimate of drug-likeness (QED) is 0.302. The maximum Gasteiger partial charge on any atom is 0.151 e. The van der Waals surface area contributed by atoms with E-state index >= 15 is 0 Å². The lowest BCUT2D eigenvalue weighted by atomic mass is 9.96. The van der Waals surface area contributed by atoms with Crippen molar-refractivity contribution in [2.75, 3.05) is 19.3 Å². The lowest BCUT2D eigenvalue weighted by Gasteiger charge is -2.27.